The fraction of sp³-hybridized carbons (Fsp3) is 0.385. The first-order valence-electron chi connectivity index (χ1n) is 5.76. The summed E-state index contributed by atoms with van der Waals surface area (Å²) in [7, 11) is 0. The summed E-state index contributed by atoms with van der Waals surface area (Å²) >= 11 is 1.81. The third-order valence-electron chi connectivity index (χ3n) is 3.14. The van der Waals surface area contributed by atoms with Crippen molar-refractivity contribution in [3.05, 3.63) is 35.8 Å². The Morgan fingerprint density at radius 3 is 3.06 bits per heavy atom. The number of rotatable bonds is 1. The molecule has 0 saturated carbocycles. The molecule has 2 atom stereocenters. The molecule has 0 amide bonds. The SMILES string of the molecule is CC1CSC(c2ccc3ccoc3c2F)CN1. The van der Waals surface area contributed by atoms with Crippen LogP contribution in [0.25, 0.3) is 11.0 Å². The molecular weight excluding hydrogens is 237 g/mol. The highest BCUT2D eigenvalue weighted by Crippen LogP contribution is 2.35. The summed E-state index contributed by atoms with van der Waals surface area (Å²) in [5.74, 6) is 0.807. The van der Waals surface area contributed by atoms with E-state index in [1.807, 2.05) is 12.1 Å². The molecular formula is C13H14FNOS. The van der Waals surface area contributed by atoms with Crippen LogP contribution in [0, 0.1) is 5.82 Å². The summed E-state index contributed by atoms with van der Waals surface area (Å²) < 4.78 is 19.4. The van der Waals surface area contributed by atoms with Gasteiger partial charge in [0, 0.05) is 34.5 Å². The van der Waals surface area contributed by atoms with Gasteiger partial charge >= 0.3 is 0 Å². The molecule has 0 aliphatic carbocycles. The van der Waals surface area contributed by atoms with Crippen molar-refractivity contribution >= 4 is 22.7 Å². The van der Waals surface area contributed by atoms with E-state index in [9.17, 15) is 4.39 Å². The van der Waals surface area contributed by atoms with Gasteiger partial charge in [-0.05, 0) is 13.0 Å². The summed E-state index contributed by atoms with van der Waals surface area (Å²) in [6, 6.07) is 6.10. The number of furan rings is 1. The molecule has 3 rings (SSSR count). The molecule has 90 valence electrons. The molecule has 0 bridgehead atoms. The highest BCUT2D eigenvalue weighted by Gasteiger charge is 2.23. The van der Waals surface area contributed by atoms with Gasteiger partial charge < -0.3 is 9.73 Å². The molecule has 1 aromatic carbocycles. The quantitative estimate of drug-likeness (QED) is 0.841. The number of hydrogen-bond donors (Lipinski definition) is 1. The zero-order valence-corrected chi connectivity index (χ0v) is 10.4. The molecule has 2 heterocycles. The lowest BCUT2D eigenvalue weighted by Gasteiger charge is -2.27. The molecule has 4 heteroatoms. The van der Waals surface area contributed by atoms with Crippen LogP contribution in [0.1, 0.15) is 17.7 Å². The van der Waals surface area contributed by atoms with E-state index in [1.54, 1.807) is 17.8 Å². The van der Waals surface area contributed by atoms with Gasteiger partial charge in [0.25, 0.3) is 0 Å². The van der Waals surface area contributed by atoms with Crippen LogP contribution < -0.4 is 5.32 Å². The molecule has 1 fully saturated rings. The van der Waals surface area contributed by atoms with Crippen molar-refractivity contribution in [1.29, 1.82) is 0 Å². The third kappa shape index (κ3) is 1.96. The number of halogens is 1. The van der Waals surface area contributed by atoms with Crippen molar-refractivity contribution < 1.29 is 8.81 Å². The standard InChI is InChI=1S/C13H14FNOS/c1-8-7-17-11(6-15-8)10-3-2-9-4-5-16-13(9)12(10)14/h2-5,8,11,15H,6-7H2,1H3. The molecule has 1 N–H and O–H groups in total. The van der Waals surface area contributed by atoms with Gasteiger partial charge in [-0.15, -0.1) is 0 Å². The average molecular weight is 251 g/mol. The zero-order chi connectivity index (χ0) is 11.8. The Hall–Kier alpha value is -1.00. The topological polar surface area (TPSA) is 25.2 Å². The third-order valence-corrected chi connectivity index (χ3v) is 4.65. The summed E-state index contributed by atoms with van der Waals surface area (Å²) in [6.45, 7) is 2.96. The Kier molecular flexibility index (Phi) is 2.84. The molecule has 1 saturated heterocycles. The van der Waals surface area contributed by atoms with Crippen LogP contribution in [0.5, 0.6) is 0 Å². The van der Waals surface area contributed by atoms with Gasteiger partial charge in [-0.1, -0.05) is 12.1 Å². The molecule has 2 unspecified atom stereocenters. The first-order valence-corrected chi connectivity index (χ1v) is 6.81. The first-order chi connectivity index (χ1) is 8.25. The van der Waals surface area contributed by atoms with Crippen LogP contribution in [-0.4, -0.2) is 18.3 Å². The smallest absolute Gasteiger partial charge is 0.170 e. The zero-order valence-electron chi connectivity index (χ0n) is 9.57. The summed E-state index contributed by atoms with van der Waals surface area (Å²) in [4.78, 5) is 0. The maximum atomic E-state index is 14.2. The van der Waals surface area contributed by atoms with E-state index in [0.29, 0.717) is 11.6 Å². The summed E-state index contributed by atoms with van der Waals surface area (Å²) in [5, 5.41) is 4.39. The minimum absolute atomic E-state index is 0.181. The molecule has 2 nitrogen and oxygen atoms in total. The largest absolute Gasteiger partial charge is 0.461 e. The van der Waals surface area contributed by atoms with E-state index in [4.69, 9.17) is 4.42 Å². The van der Waals surface area contributed by atoms with E-state index >= 15 is 0 Å². The van der Waals surface area contributed by atoms with Gasteiger partial charge in [0.05, 0.1) is 6.26 Å². The maximum Gasteiger partial charge on any atom is 0.170 e. The molecule has 0 radical (unpaired) electrons. The fourth-order valence-electron chi connectivity index (χ4n) is 2.15. The van der Waals surface area contributed by atoms with Gasteiger partial charge in [-0.3, -0.25) is 0 Å². The van der Waals surface area contributed by atoms with Crippen molar-refractivity contribution in [3.8, 4) is 0 Å². The maximum absolute atomic E-state index is 14.2. The van der Waals surface area contributed by atoms with Gasteiger partial charge in [-0.25, -0.2) is 4.39 Å². The van der Waals surface area contributed by atoms with Crippen molar-refractivity contribution in [3.63, 3.8) is 0 Å². The van der Waals surface area contributed by atoms with Crippen LogP contribution in [0.2, 0.25) is 0 Å². The Labute approximate surface area is 104 Å². The average Bonchev–Trinajstić information content (AvgIpc) is 2.80. The van der Waals surface area contributed by atoms with Crippen molar-refractivity contribution in [1.82, 2.24) is 5.32 Å². The number of fused-ring (bicyclic) bond motifs is 1. The number of thioether (sulfide) groups is 1. The van der Waals surface area contributed by atoms with Crippen LogP contribution in [0.3, 0.4) is 0 Å². The first kappa shape index (κ1) is 11.1. The lowest BCUT2D eigenvalue weighted by atomic mass is 10.1. The van der Waals surface area contributed by atoms with Gasteiger partial charge in [-0.2, -0.15) is 11.8 Å². The van der Waals surface area contributed by atoms with E-state index in [1.165, 1.54) is 6.26 Å². The van der Waals surface area contributed by atoms with E-state index in [-0.39, 0.29) is 11.1 Å². The van der Waals surface area contributed by atoms with Crippen molar-refractivity contribution in [2.75, 3.05) is 12.3 Å². The minimum atomic E-state index is -0.207. The predicted molar refractivity (Wildman–Crippen MR) is 68.8 cm³/mol. The predicted octanol–water partition coefficient (Wildman–Crippen LogP) is 3.34. The summed E-state index contributed by atoms with van der Waals surface area (Å²) in [6.07, 6.45) is 1.53. The van der Waals surface area contributed by atoms with E-state index < -0.39 is 0 Å². The van der Waals surface area contributed by atoms with E-state index in [2.05, 4.69) is 12.2 Å². The lowest BCUT2D eigenvalue weighted by Crippen LogP contribution is -2.36. The molecule has 1 aromatic heterocycles. The van der Waals surface area contributed by atoms with Gasteiger partial charge in [0.15, 0.2) is 11.4 Å². The van der Waals surface area contributed by atoms with Crippen molar-refractivity contribution in [2.24, 2.45) is 0 Å². The Morgan fingerprint density at radius 2 is 2.29 bits per heavy atom. The Balaban J connectivity index is 1.97. The van der Waals surface area contributed by atoms with Crippen LogP contribution in [0.4, 0.5) is 4.39 Å². The fourth-order valence-corrected chi connectivity index (χ4v) is 3.36. The van der Waals surface area contributed by atoms with Gasteiger partial charge in [0.2, 0.25) is 0 Å². The summed E-state index contributed by atoms with van der Waals surface area (Å²) in [5.41, 5.74) is 1.12. The molecule has 1 aliphatic heterocycles. The monoisotopic (exact) mass is 251 g/mol. The second kappa shape index (κ2) is 4.35. The second-order valence-corrected chi connectivity index (χ2v) is 5.67. The van der Waals surface area contributed by atoms with Gasteiger partial charge in [0.1, 0.15) is 0 Å². The van der Waals surface area contributed by atoms with Crippen LogP contribution in [-0.2, 0) is 0 Å². The second-order valence-electron chi connectivity index (χ2n) is 4.44. The highest BCUT2D eigenvalue weighted by molar-refractivity contribution is 7.99. The minimum Gasteiger partial charge on any atom is -0.461 e. The lowest BCUT2D eigenvalue weighted by molar-refractivity contribution is 0.534. The molecule has 1 aliphatic rings. The Morgan fingerprint density at radius 1 is 1.41 bits per heavy atom. The number of hydrogen-bond acceptors (Lipinski definition) is 3. The number of benzene rings is 1. The molecule has 17 heavy (non-hydrogen) atoms. The normalized spacial score (nSPS) is 25.3. The molecule has 0 spiro atoms. The van der Waals surface area contributed by atoms with Crippen LogP contribution in [0.15, 0.2) is 28.9 Å². The Bertz CT molecular complexity index is 531. The van der Waals surface area contributed by atoms with Crippen LogP contribution >= 0.6 is 11.8 Å². The van der Waals surface area contributed by atoms with E-state index in [0.717, 1.165) is 23.2 Å². The number of nitrogens with one attached hydrogen (secondary N) is 1. The van der Waals surface area contributed by atoms with Crippen molar-refractivity contribution in [2.45, 2.75) is 18.2 Å². The highest BCUT2D eigenvalue weighted by atomic mass is 32.2. The molecule has 2 aromatic rings.